The molecule has 1 amide bonds. The van der Waals surface area contributed by atoms with Crippen molar-refractivity contribution in [1.29, 1.82) is 0 Å². The van der Waals surface area contributed by atoms with E-state index in [9.17, 15) is 9.59 Å². The van der Waals surface area contributed by atoms with E-state index in [1.165, 1.54) is 0 Å². The van der Waals surface area contributed by atoms with Crippen LogP contribution < -0.4 is 5.32 Å². The van der Waals surface area contributed by atoms with E-state index >= 15 is 0 Å². The Bertz CT molecular complexity index is 1500. The van der Waals surface area contributed by atoms with Crippen molar-refractivity contribution in [2.45, 2.75) is 47.2 Å². The number of thioether (sulfide) groups is 1. The first kappa shape index (κ1) is 28.8. The van der Waals surface area contributed by atoms with Crippen molar-refractivity contribution < 1.29 is 14.3 Å². The van der Waals surface area contributed by atoms with Crippen molar-refractivity contribution in [2.75, 3.05) is 20.1 Å². The first-order valence-corrected chi connectivity index (χ1v) is 16.2. The summed E-state index contributed by atoms with van der Waals surface area (Å²) >= 11 is 1.80. The third kappa shape index (κ3) is 4.93. The number of β-lactam (4-membered cyclic amide) rings is 1. The maximum absolute atomic E-state index is 14.3. The van der Waals surface area contributed by atoms with Crippen molar-refractivity contribution >= 4 is 23.6 Å². The molecule has 7 heteroatoms. The zero-order valence-corrected chi connectivity index (χ0v) is 25.7. The lowest BCUT2D eigenvalue weighted by molar-refractivity contribution is -0.166. The van der Waals surface area contributed by atoms with Crippen LogP contribution >= 0.6 is 11.8 Å². The van der Waals surface area contributed by atoms with Gasteiger partial charge < -0.3 is 14.5 Å². The van der Waals surface area contributed by atoms with Gasteiger partial charge in [0.15, 0.2) is 0 Å². The molecule has 3 atom stereocenters. The molecule has 3 aliphatic rings. The molecule has 3 fully saturated rings. The third-order valence-corrected chi connectivity index (χ3v) is 11.3. The Kier molecular flexibility index (Phi) is 7.79. The predicted octanol–water partition coefficient (Wildman–Crippen LogP) is 5.43. The van der Waals surface area contributed by atoms with Gasteiger partial charge in [-0.15, -0.1) is 11.8 Å². The van der Waals surface area contributed by atoms with Gasteiger partial charge in [-0.2, -0.15) is 0 Å². The SMILES string of the molecule is CN1CCC2(CC1)S[C@@H]1C(NC(c3ccccc3)(c3ccccc3)c3ccccc3)C(=O)N1C2C(=O)OCc1ccccc1. The number of carbonyl (C=O) groups is 2. The second kappa shape index (κ2) is 11.9. The minimum atomic E-state index is -0.775. The monoisotopic (exact) mass is 603 g/mol. The van der Waals surface area contributed by atoms with Gasteiger partial charge in [0.1, 0.15) is 24.1 Å². The Balaban J connectivity index is 1.25. The van der Waals surface area contributed by atoms with E-state index in [1.54, 1.807) is 11.8 Å². The second-order valence-corrected chi connectivity index (χ2v) is 13.6. The number of rotatable bonds is 8. The highest BCUT2D eigenvalue weighted by Gasteiger charge is 2.68. The minimum Gasteiger partial charge on any atom is -0.459 e. The van der Waals surface area contributed by atoms with Crippen molar-refractivity contribution in [3.05, 3.63) is 144 Å². The molecule has 2 unspecified atom stereocenters. The number of hydrogen-bond donors (Lipinski definition) is 1. The van der Waals surface area contributed by atoms with Crippen LogP contribution in [0.4, 0.5) is 0 Å². The summed E-state index contributed by atoms with van der Waals surface area (Å²) in [5.74, 6) is -0.354. The summed E-state index contributed by atoms with van der Waals surface area (Å²) in [7, 11) is 2.12. The number of ether oxygens (including phenoxy) is 1. The Morgan fingerprint density at radius 3 is 1.80 bits per heavy atom. The molecule has 1 spiro atoms. The summed E-state index contributed by atoms with van der Waals surface area (Å²) in [6.45, 7) is 1.96. The molecule has 44 heavy (non-hydrogen) atoms. The fraction of sp³-hybridized carbons (Fsp3) is 0.297. The van der Waals surface area contributed by atoms with Crippen molar-refractivity contribution in [3.63, 3.8) is 0 Å². The highest BCUT2D eigenvalue weighted by atomic mass is 32.2. The number of fused-ring (bicyclic) bond motifs is 1. The molecule has 0 radical (unpaired) electrons. The largest absolute Gasteiger partial charge is 0.459 e. The number of nitrogens with zero attached hydrogens (tertiary/aromatic N) is 2. The number of hydrogen-bond acceptors (Lipinski definition) is 6. The fourth-order valence-corrected chi connectivity index (χ4v) is 9.05. The summed E-state index contributed by atoms with van der Waals surface area (Å²) in [6.07, 6.45) is 1.65. The van der Waals surface area contributed by atoms with Crippen LogP contribution in [0, 0.1) is 0 Å². The number of amides is 1. The maximum Gasteiger partial charge on any atom is 0.330 e. The molecule has 3 saturated heterocycles. The molecule has 1 N–H and O–H groups in total. The van der Waals surface area contributed by atoms with Crippen LogP contribution in [0.5, 0.6) is 0 Å². The average molecular weight is 604 g/mol. The van der Waals surface area contributed by atoms with Crippen LogP contribution in [0.1, 0.15) is 35.1 Å². The Morgan fingerprint density at radius 2 is 1.30 bits per heavy atom. The summed E-state index contributed by atoms with van der Waals surface area (Å²) in [5.41, 5.74) is 3.33. The summed E-state index contributed by atoms with van der Waals surface area (Å²) < 4.78 is 5.55. The number of likely N-dealkylation sites (tertiary alicyclic amines) is 1. The molecule has 6 nitrogen and oxygen atoms in total. The van der Waals surface area contributed by atoms with Crippen molar-refractivity contribution in [3.8, 4) is 0 Å². The van der Waals surface area contributed by atoms with Crippen LogP contribution in [-0.2, 0) is 26.5 Å². The van der Waals surface area contributed by atoms with Crippen molar-refractivity contribution in [1.82, 2.24) is 15.1 Å². The number of nitrogens with one attached hydrogen (secondary N) is 1. The zero-order chi connectivity index (χ0) is 30.1. The number of piperidine rings is 1. The van der Waals surface area contributed by atoms with Gasteiger partial charge >= 0.3 is 5.97 Å². The van der Waals surface area contributed by atoms with Gasteiger partial charge in [0.25, 0.3) is 0 Å². The lowest BCUT2D eigenvalue weighted by atomic mass is 9.75. The molecular formula is C37H37N3O3S. The fourth-order valence-electron chi connectivity index (χ4n) is 7.15. The number of carbonyl (C=O) groups excluding carboxylic acids is 2. The summed E-state index contributed by atoms with van der Waals surface area (Å²) in [6, 6.07) is 39.7. The number of esters is 1. The maximum atomic E-state index is 14.3. The lowest BCUT2D eigenvalue weighted by Gasteiger charge is -2.49. The zero-order valence-electron chi connectivity index (χ0n) is 24.8. The molecule has 0 bridgehead atoms. The van der Waals surface area contributed by atoms with Gasteiger partial charge in [0, 0.05) is 0 Å². The van der Waals surface area contributed by atoms with E-state index in [-0.39, 0.29) is 28.6 Å². The molecular weight excluding hydrogens is 566 g/mol. The van der Waals surface area contributed by atoms with E-state index in [0.717, 1.165) is 48.2 Å². The van der Waals surface area contributed by atoms with Gasteiger partial charge in [0.2, 0.25) is 5.91 Å². The van der Waals surface area contributed by atoms with Gasteiger partial charge in [-0.1, -0.05) is 121 Å². The third-order valence-electron chi connectivity index (χ3n) is 9.48. The molecule has 4 aromatic carbocycles. The average Bonchev–Trinajstić information content (AvgIpc) is 3.38. The van der Waals surface area contributed by atoms with Gasteiger partial charge in [-0.25, -0.2) is 4.79 Å². The summed E-state index contributed by atoms with van der Waals surface area (Å²) in [4.78, 5) is 32.4. The molecule has 0 saturated carbocycles. The van der Waals surface area contributed by atoms with Gasteiger partial charge in [-0.05, 0) is 55.2 Å². The van der Waals surface area contributed by atoms with E-state index in [0.29, 0.717) is 0 Å². The second-order valence-electron chi connectivity index (χ2n) is 12.1. The van der Waals surface area contributed by atoms with Crippen LogP contribution in [0.25, 0.3) is 0 Å². The highest BCUT2D eigenvalue weighted by molar-refractivity contribution is 8.01. The number of benzene rings is 4. The van der Waals surface area contributed by atoms with Crippen LogP contribution in [-0.4, -0.2) is 64.0 Å². The van der Waals surface area contributed by atoms with Crippen molar-refractivity contribution in [2.24, 2.45) is 0 Å². The predicted molar refractivity (Wildman–Crippen MR) is 174 cm³/mol. The van der Waals surface area contributed by atoms with Gasteiger partial charge in [0.05, 0.1) is 10.3 Å². The van der Waals surface area contributed by atoms with E-state index < -0.39 is 17.6 Å². The Hall–Kier alpha value is -3.91. The molecule has 0 aliphatic carbocycles. The Morgan fingerprint density at radius 1 is 0.818 bits per heavy atom. The van der Waals surface area contributed by atoms with Crippen LogP contribution in [0.2, 0.25) is 0 Å². The van der Waals surface area contributed by atoms with Crippen LogP contribution in [0.3, 0.4) is 0 Å². The minimum absolute atomic E-state index is 0.0490. The van der Waals surface area contributed by atoms with E-state index in [1.807, 2.05) is 89.8 Å². The quantitative estimate of drug-likeness (QED) is 0.165. The summed E-state index contributed by atoms with van der Waals surface area (Å²) in [5, 5.41) is 3.73. The first-order valence-electron chi connectivity index (χ1n) is 15.4. The van der Waals surface area contributed by atoms with Gasteiger partial charge in [-0.3, -0.25) is 10.1 Å². The molecule has 3 aliphatic heterocycles. The van der Waals surface area contributed by atoms with E-state index in [4.69, 9.17) is 4.74 Å². The normalized spacial score (nSPS) is 22.8. The smallest absolute Gasteiger partial charge is 0.330 e. The molecule has 0 aromatic heterocycles. The first-order chi connectivity index (χ1) is 21.5. The lowest BCUT2D eigenvalue weighted by Crippen LogP contribution is -2.73. The molecule has 3 heterocycles. The van der Waals surface area contributed by atoms with Crippen LogP contribution in [0.15, 0.2) is 121 Å². The molecule has 224 valence electrons. The Labute approximate surface area is 263 Å². The standard InChI is InChI=1S/C37H37N3O3S/c1-39-24-22-36(23-25-39)32(35(42)43-26-27-14-6-2-7-15-27)40-33(41)31(34(40)44-36)38-37(28-16-8-3-9-17-28,29-18-10-4-11-19-29)30-20-12-5-13-21-30/h2-21,31-32,34,38H,22-26H2,1H3/t31?,32?,34-/m1/s1. The van der Waals surface area contributed by atoms with E-state index in [2.05, 4.69) is 53.7 Å². The molecule has 7 rings (SSSR count). The topological polar surface area (TPSA) is 61.9 Å². The molecule has 4 aromatic rings. The highest BCUT2D eigenvalue weighted by Crippen LogP contribution is 2.56.